The molecule has 0 unspecified atom stereocenters. The van der Waals surface area contributed by atoms with E-state index in [0.717, 1.165) is 18.1 Å². The van der Waals surface area contributed by atoms with Gasteiger partial charge in [0.05, 0.1) is 6.20 Å². The second-order valence-corrected chi connectivity index (χ2v) is 6.61. The first-order valence-corrected chi connectivity index (χ1v) is 7.85. The van der Waals surface area contributed by atoms with Crippen LogP contribution in [-0.2, 0) is 19.0 Å². The lowest BCUT2D eigenvalue weighted by Gasteiger charge is -2.25. The van der Waals surface area contributed by atoms with E-state index in [9.17, 15) is 0 Å². The Bertz CT molecular complexity index is 589. The number of hydrogen-bond donors (Lipinski definition) is 2. The minimum absolute atomic E-state index is 0. The number of rotatable bonds is 5. The molecule has 2 rings (SSSR count). The number of aryl methyl sites for hydroxylation is 1. The summed E-state index contributed by atoms with van der Waals surface area (Å²) < 4.78 is 1.80. The molecule has 2 N–H and O–H groups in total. The molecule has 0 fully saturated rings. The van der Waals surface area contributed by atoms with Crippen LogP contribution >= 0.6 is 35.3 Å². The molecule has 22 heavy (non-hydrogen) atoms. The van der Waals surface area contributed by atoms with Crippen LogP contribution in [0.2, 0.25) is 0 Å². The van der Waals surface area contributed by atoms with Crippen LogP contribution in [0.3, 0.4) is 0 Å². The predicted molar refractivity (Wildman–Crippen MR) is 104 cm³/mol. The van der Waals surface area contributed by atoms with Crippen molar-refractivity contribution in [1.29, 1.82) is 0 Å². The Kier molecular flexibility index (Phi) is 7.34. The molecule has 0 amide bonds. The van der Waals surface area contributed by atoms with Crippen LogP contribution in [0.15, 0.2) is 34.9 Å². The molecule has 0 bridgehead atoms. The highest BCUT2D eigenvalue weighted by molar-refractivity contribution is 14.0. The van der Waals surface area contributed by atoms with Crippen molar-refractivity contribution >= 4 is 41.3 Å². The third-order valence-corrected chi connectivity index (χ3v) is 4.56. The Balaban J connectivity index is 0.00000242. The zero-order valence-corrected chi connectivity index (χ0v) is 16.6. The van der Waals surface area contributed by atoms with Gasteiger partial charge in [-0.3, -0.25) is 9.67 Å². The van der Waals surface area contributed by atoms with Crippen molar-refractivity contribution in [2.75, 3.05) is 13.6 Å². The number of nitrogens with zero attached hydrogens (tertiary/aromatic N) is 3. The Morgan fingerprint density at radius 3 is 2.73 bits per heavy atom. The number of halogens is 1. The number of hydrogen-bond acceptors (Lipinski definition) is 3. The number of guanidine groups is 1. The first-order chi connectivity index (χ1) is 10.0. The van der Waals surface area contributed by atoms with Crippen LogP contribution in [0.25, 0.3) is 0 Å². The third kappa shape index (κ3) is 5.28. The molecular weight excluding hydrogens is 409 g/mol. The van der Waals surface area contributed by atoms with E-state index in [0.29, 0.717) is 6.54 Å². The van der Waals surface area contributed by atoms with Gasteiger partial charge >= 0.3 is 0 Å². The van der Waals surface area contributed by atoms with E-state index in [2.05, 4.69) is 52.1 Å². The van der Waals surface area contributed by atoms with Crippen molar-refractivity contribution in [3.63, 3.8) is 0 Å². The Morgan fingerprint density at radius 1 is 1.41 bits per heavy atom. The van der Waals surface area contributed by atoms with Gasteiger partial charge in [0.2, 0.25) is 0 Å². The molecule has 0 aliphatic heterocycles. The molecule has 0 aromatic carbocycles. The lowest BCUT2D eigenvalue weighted by atomic mass is 9.91. The molecule has 0 radical (unpaired) electrons. The number of aromatic nitrogens is 2. The summed E-state index contributed by atoms with van der Waals surface area (Å²) in [5.41, 5.74) is 1.22. The fraction of sp³-hybridized carbons (Fsp3) is 0.467. The monoisotopic (exact) mass is 433 g/mol. The van der Waals surface area contributed by atoms with E-state index in [4.69, 9.17) is 0 Å². The van der Waals surface area contributed by atoms with Gasteiger partial charge in [0.15, 0.2) is 5.96 Å². The van der Waals surface area contributed by atoms with Crippen molar-refractivity contribution < 1.29 is 0 Å². The summed E-state index contributed by atoms with van der Waals surface area (Å²) in [6, 6.07) is 4.27. The predicted octanol–water partition coefficient (Wildman–Crippen LogP) is 2.74. The molecule has 0 spiro atoms. The topological polar surface area (TPSA) is 54.2 Å². The zero-order valence-electron chi connectivity index (χ0n) is 13.5. The third-order valence-electron chi connectivity index (χ3n) is 3.33. The summed E-state index contributed by atoms with van der Waals surface area (Å²) in [5.74, 6) is 0.809. The SMILES string of the molecule is CN=C(NCc1cnn(C)c1)NCC(C)(C)c1cccs1.I. The molecule has 0 saturated carbocycles. The van der Waals surface area contributed by atoms with Crippen molar-refractivity contribution in [3.8, 4) is 0 Å². The minimum atomic E-state index is 0. The fourth-order valence-electron chi connectivity index (χ4n) is 2.03. The van der Waals surface area contributed by atoms with Crippen LogP contribution in [-0.4, -0.2) is 29.3 Å². The van der Waals surface area contributed by atoms with Crippen LogP contribution in [0.1, 0.15) is 24.3 Å². The molecule has 2 aromatic rings. The van der Waals surface area contributed by atoms with Gasteiger partial charge in [-0.05, 0) is 11.4 Å². The summed E-state index contributed by atoms with van der Waals surface area (Å²) in [6.45, 7) is 6.02. The van der Waals surface area contributed by atoms with E-state index in [-0.39, 0.29) is 29.4 Å². The van der Waals surface area contributed by atoms with E-state index >= 15 is 0 Å². The van der Waals surface area contributed by atoms with Gasteiger partial charge in [-0.15, -0.1) is 35.3 Å². The molecule has 0 aliphatic carbocycles. The largest absolute Gasteiger partial charge is 0.356 e. The highest BCUT2D eigenvalue weighted by Gasteiger charge is 2.21. The van der Waals surface area contributed by atoms with Gasteiger partial charge in [-0.2, -0.15) is 5.10 Å². The molecule has 122 valence electrons. The Hall–Kier alpha value is -1.09. The lowest BCUT2D eigenvalue weighted by Crippen LogP contribution is -2.42. The summed E-state index contributed by atoms with van der Waals surface area (Å²) in [5, 5.41) is 13.0. The molecule has 2 aromatic heterocycles. The smallest absolute Gasteiger partial charge is 0.191 e. The highest BCUT2D eigenvalue weighted by atomic mass is 127. The second kappa shape index (κ2) is 8.52. The first-order valence-electron chi connectivity index (χ1n) is 6.97. The van der Waals surface area contributed by atoms with Gasteiger partial charge in [-0.25, -0.2) is 0 Å². The molecule has 0 aliphatic rings. The van der Waals surface area contributed by atoms with Crippen molar-refractivity contribution in [2.45, 2.75) is 25.8 Å². The molecule has 2 heterocycles. The van der Waals surface area contributed by atoms with Crippen molar-refractivity contribution in [3.05, 3.63) is 40.3 Å². The maximum absolute atomic E-state index is 4.26. The first kappa shape index (κ1) is 19.0. The van der Waals surface area contributed by atoms with E-state index in [1.165, 1.54) is 4.88 Å². The van der Waals surface area contributed by atoms with Gasteiger partial charge in [0.1, 0.15) is 0 Å². The van der Waals surface area contributed by atoms with E-state index < -0.39 is 0 Å². The van der Waals surface area contributed by atoms with Crippen molar-refractivity contribution in [2.24, 2.45) is 12.0 Å². The fourth-order valence-corrected chi connectivity index (χ4v) is 2.88. The molecular formula is C15H24IN5S. The van der Waals surface area contributed by atoms with E-state index in [1.807, 2.05) is 19.4 Å². The number of aliphatic imine (C=N–C) groups is 1. The maximum atomic E-state index is 4.26. The van der Waals surface area contributed by atoms with Gasteiger partial charge in [-0.1, -0.05) is 19.9 Å². The van der Waals surface area contributed by atoms with Crippen LogP contribution in [0.4, 0.5) is 0 Å². The normalized spacial score (nSPS) is 11.9. The van der Waals surface area contributed by atoms with E-state index in [1.54, 1.807) is 23.1 Å². The van der Waals surface area contributed by atoms with Crippen LogP contribution < -0.4 is 10.6 Å². The molecule has 0 saturated heterocycles. The van der Waals surface area contributed by atoms with Gasteiger partial charge < -0.3 is 10.6 Å². The number of nitrogens with one attached hydrogen (secondary N) is 2. The standard InChI is InChI=1S/C15H23N5S.HI/c1-15(2,13-6-5-7-21-13)11-18-14(16-3)17-8-12-9-19-20(4)10-12;/h5-7,9-10H,8,11H2,1-4H3,(H2,16,17,18);1H. The van der Waals surface area contributed by atoms with Gasteiger partial charge in [0.25, 0.3) is 0 Å². The highest BCUT2D eigenvalue weighted by Crippen LogP contribution is 2.26. The molecule has 0 atom stereocenters. The van der Waals surface area contributed by atoms with Gasteiger partial charge in [0, 0.05) is 49.2 Å². The average molecular weight is 433 g/mol. The average Bonchev–Trinajstić information content (AvgIpc) is 3.10. The van der Waals surface area contributed by atoms with Crippen LogP contribution in [0, 0.1) is 0 Å². The van der Waals surface area contributed by atoms with Crippen LogP contribution in [0.5, 0.6) is 0 Å². The molecule has 7 heteroatoms. The molecule has 5 nitrogen and oxygen atoms in total. The Morgan fingerprint density at radius 2 is 2.18 bits per heavy atom. The maximum Gasteiger partial charge on any atom is 0.191 e. The quantitative estimate of drug-likeness (QED) is 0.433. The lowest BCUT2D eigenvalue weighted by molar-refractivity contribution is 0.518. The summed E-state index contributed by atoms with van der Waals surface area (Å²) in [6.07, 6.45) is 3.85. The minimum Gasteiger partial charge on any atom is -0.356 e. The second-order valence-electron chi connectivity index (χ2n) is 5.66. The zero-order chi connectivity index (χ0) is 15.3. The summed E-state index contributed by atoms with van der Waals surface area (Å²) in [7, 11) is 3.71. The summed E-state index contributed by atoms with van der Waals surface area (Å²) in [4.78, 5) is 5.64. The number of thiophene rings is 1. The van der Waals surface area contributed by atoms with Crippen molar-refractivity contribution in [1.82, 2.24) is 20.4 Å². The Labute approximate surface area is 153 Å². The summed E-state index contributed by atoms with van der Waals surface area (Å²) >= 11 is 1.79.